The van der Waals surface area contributed by atoms with Crippen molar-refractivity contribution in [1.29, 1.82) is 0 Å². The molecule has 1 aromatic rings. The molecule has 0 radical (unpaired) electrons. The van der Waals surface area contributed by atoms with Crippen LogP contribution >= 0.6 is 0 Å². The summed E-state index contributed by atoms with van der Waals surface area (Å²) in [6.45, 7) is 4.39. The molecule has 0 saturated heterocycles. The molecule has 0 aromatic heterocycles. The van der Waals surface area contributed by atoms with Crippen LogP contribution in [0.25, 0.3) is 0 Å². The molecule has 0 heterocycles. The molecule has 2 heteroatoms. The normalized spacial score (nSPS) is 19.9. The number of amides is 1. The minimum atomic E-state index is 0.226. The number of hydrogen-bond donors (Lipinski definition) is 1. The van der Waals surface area contributed by atoms with Gasteiger partial charge in [-0.2, -0.15) is 0 Å². The molecule has 1 fully saturated rings. The SMILES string of the molecule is CCCCCCCC[C@H]1C[C@@H]1C(=O)Nc1cccc(CC)c1. The highest BCUT2D eigenvalue weighted by Gasteiger charge is 2.42. The summed E-state index contributed by atoms with van der Waals surface area (Å²) >= 11 is 0. The molecule has 2 atom stereocenters. The van der Waals surface area contributed by atoms with Crippen LogP contribution in [0.3, 0.4) is 0 Å². The van der Waals surface area contributed by atoms with Gasteiger partial charge in [0.05, 0.1) is 0 Å². The van der Waals surface area contributed by atoms with Crippen LogP contribution in [0.2, 0.25) is 0 Å². The second-order valence-electron chi connectivity index (χ2n) is 6.70. The molecule has 0 aliphatic heterocycles. The summed E-state index contributed by atoms with van der Waals surface area (Å²) in [5.41, 5.74) is 2.23. The molecule has 2 rings (SSSR count). The average Bonchev–Trinajstić information content (AvgIpc) is 3.30. The van der Waals surface area contributed by atoms with Crippen LogP contribution in [0, 0.1) is 11.8 Å². The van der Waals surface area contributed by atoms with Gasteiger partial charge in [0.1, 0.15) is 0 Å². The Morgan fingerprint density at radius 1 is 1.14 bits per heavy atom. The van der Waals surface area contributed by atoms with Crippen molar-refractivity contribution in [3.63, 3.8) is 0 Å². The van der Waals surface area contributed by atoms with E-state index in [0.717, 1.165) is 18.5 Å². The quantitative estimate of drug-likeness (QED) is 0.562. The first-order chi connectivity index (χ1) is 10.7. The lowest BCUT2D eigenvalue weighted by Crippen LogP contribution is -2.14. The highest BCUT2D eigenvalue weighted by atomic mass is 16.2. The smallest absolute Gasteiger partial charge is 0.227 e. The number of hydrogen-bond acceptors (Lipinski definition) is 1. The van der Waals surface area contributed by atoms with Gasteiger partial charge in [-0.15, -0.1) is 0 Å². The molecular formula is C20H31NO. The summed E-state index contributed by atoms with van der Waals surface area (Å²) in [7, 11) is 0. The van der Waals surface area contributed by atoms with E-state index in [1.807, 2.05) is 12.1 Å². The molecule has 1 amide bonds. The van der Waals surface area contributed by atoms with E-state index in [1.54, 1.807) is 0 Å². The van der Waals surface area contributed by atoms with Crippen LogP contribution in [0.1, 0.15) is 70.8 Å². The topological polar surface area (TPSA) is 29.1 Å². The highest BCUT2D eigenvalue weighted by Crippen LogP contribution is 2.43. The van der Waals surface area contributed by atoms with Crippen molar-refractivity contribution >= 4 is 11.6 Å². The van der Waals surface area contributed by atoms with Crippen LogP contribution in [0.5, 0.6) is 0 Å². The molecule has 1 aliphatic rings. The van der Waals surface area contributed by atoms with Crippen molar-refractivity contribution in [1.82, 2.24) is 0 Å². The Kier molecular flexibility index (Phi) is 6.95. The molecule has 0 unspecified atom stereocenters. The number of benzene rings is 1. The van der Waals surface area contributed by atoms with Crippen molar-refractivity contribution in [2.24, 2.45) is 11.8 Å². The van der Waals surface area contributed by atoms with Gasteiger partial charge in [-0.05, 0) is 42.9 Å². The van der Waals surface area contributed by atoms with E-state index >= 15 is 0 Å². The summed E-state index contributed by atoms with van der Waals surface area (Å²) in [5, 5.41) is 3.09. The third kappa shape index (κ3) is 5.47. The largest absolute Gasteiger partial charge is 0.326 e. The highest BCUT2D eigenvalue weighted by molar-refractivity contribution is 5.94. The van der Waals surface area contributed by atoms with Crippen molar-refractivity contribution < 1.29 is 4.79 Å². The number of nitrogens with one attached hydrogen (secondary N) is 1. The molecule has 22 heavy (non-hydrogen) atoms. The van der Waals surface area contributed by atoms with Gasteiger partial charge in [0.15, 0.2) is 0 Å². The van der Waals surface area contributed by atoms with E-state index < -0.39 is 0 Å². The van der Waals surface area contributed by atoms with E-state index in [-0.39, 0.29) is 11.8 Å². The van der Waals surface area contributed by atoms with Crippen molar-refractivity contribution in [3.8, 4) is 0 Å². The van der Waals surface area contributed by atoms with E-state index in [2.05, 4.69) is 31.3 Å². The van der Waals surface area contributed by atoms with E-state index in [0.29, 0.717) is 5.92 Å². The first kappa shape index (κ1) is 17.1. The van der Waals surface area contributed by atoms with Gasteiger partial charge in [-0.1, -0.05) is 64.5 Å². The Bertz CT molecular complexity index is 469. The maximum absolute atomic E-state index is 12.2. The fourth-order valence-electron chi connectivity index (χ4n) is 3.18. The fraction of sp³-hybridized carbons (Fsp3) is 0.650. The number of carbonyl (C=O) groups excluding carboxylic acids is 1. The molecule has 1 N–H and O–H groups in total. The van der Waals surface area contributed by atoms with Gasteiger partial charge in [-0.3, -0.25) is 4.79 Å². The maximum Gasteiger partial charge on any atom is 0.227 e. The van der Waals surface area contributed by atoms with Crippen molar-refractivity contribution in [3.05, 3.63) is 29.8 Å². The number of aryl methyl sites for hydroxylation is 1. The van der Waals surface area contributed by atoms with Crippen LogP contribution < -0.4 is 5.32 Å². The first-order valence-corrected chi connectivity index (χ1v) is 9.14. The van der Waals surface area contributed by atoms with Crippen molar-refractivity contribution in [2.45, 2.75) is 71.6 Å². The molecule has 0 bridgehead atoms. The maximum atomic E-state index is 12.2. The predicted octanol–water partition coefficient (Wildman–Crippen LogP) is 5.57. The van der Waals surface area contributed by atoms with Gasteiger partial charge in [-0.25, -0.2) is 0 Å². The lowest BCUT2D eigenvalue weighted by molar-refractivity contribution is -0.117. The second-order valence-corrected chi connectivity index (χ2v) is 6.70. The lowest BCUT2D eigenvalue weighted by atomic mass is 10.1. The number of anilines is 1. The van der Waals surface area contributed by atoms with Crippen molar-refractivity contribution in [2.75, 3.05) is 5.32 Å². The summed E-state index contributed by atoms with van der Waals surface area (Å²) in [6.07, 6.45) is 11.4. The Labute approximate surface area is 135 Å². The molecular weight excluding hydrogens is 270 g/mol. The Morgan fingerprint density at radius 3 is 2.68 bits per heavy atom. The van der Waals surface area contributed by atoms with Gasteiger partial charge in [0.25, 0.3) is 0 Å². The van der Waals surface area contributed by atoms with Crippen LogP contribution in [-0.4, -0.2) is 5.91 Å². The Hall–Kier alpha value is -1.31. The summed E-state index contributed by atoms with van der Waals surface area (Å²) in [4.78, 5) is 12.2. The molecule has 1 aliphatic carbocycles. The summed E-state index contributed by atoms with van der Waals surface area (Å²) in [5.74, 6) is 1.13. The molecule has 1 saturated carbocycles. The fourth-order valence-corrected chi connectivity index (χ4v) is 3.18. The standard InChI is InChI=1S/C20H31NO/c1-3-5-6-7-8-9-12-17-15-19(17)20(22)21-18-13-10-11-16(4-2)14-18/h10-11,13-14,17,19H,3-9,12,15H2,1-2H3,(H,21,22)/t17-,19-/m0/s1. The Morgan fingerprint density at radius 2 is 1.91 bits per heavy atom. The minimum absolute atomic E-state index is 0.226. The monoisotopic (exact) mass is 301 g/mol. The number of carbonyl (C=O) groups is 1. The third-order valence-corrected chi connectivity index (χ3v) is 4.79. The van der Waals surface area contributed by atoms with Gasteiger partial charge >= 0.3 is 0 Å². The molecule has 1 aromatic carbocycles. The average molecular weight is 301 g/mol. The lowest BCUT2D eigenvalue weighted by Gasteiger charge is -2.06. The van der Waals surface area contributed by atoms with Crippen LogP contribution in [-0.2, 0) is 11.2 Å². The third-order valence-electron chi connectivity index (χ3n) is 4.79. The van der Waals surface area contributed by atoms with Crippen LogP contribution in [0.15, 0.2) is 24.3 Å². The van der Waals surface area contributed by atoms with E-state index in [9.17, 15) is 4.79 Å². The molecule has 2 nitrogen and oxygen atoms in total. The van der Waals surface area contributed by atoms with E-state index in [1.165, 1.54) is 50.5 Å². The second kappa shape index (κ2) is 8.97. The number of rotatable bonds is 10. The Balaban J connectivity index is 1.63. The van der Waals surface area contributed by atoms with Crippen LogP contribution in [0.4, 0.5) is 5.69 Å². The number of unbranched alkanes of at least 4 members (excludes halogenated alkanes) is 5. The zero-order chi connectivity index (χ0) is 15.8. The minimum Gasteiger partial charge on any atom is -0.326 e. The molecule has 0 spiro atoms. The van der Waals surface area contributed by atoms with Gasteiger partial charge in [0, 0.05) is 11.6 Å². The molecule has 122 valence electrons. The van der Waals surface area contributed by atoms with E-state index in [4.69, 9.17) is 0 Å². The zero-order valence-corrected chi connectivity index (χ0v) is 14.2. The van der Waals surface area contributed by atoms with Gasteiger partial charge in [0.2, 0.25) is 5.91 Å². The first-order valence-electron chi connectivity index (χ1n) is 9.14. The summed E-state index contributed by atoms with van der Waals surface area (Å²) in [6, 6.07) is 8.20. The van der Waals surface area contributed by atoms with Gasteiger partial charge < -0.3 is 5.32 Å². The summed E-state index contributed by atoms with van der Waals surface area (Å²) < 4.78 is 0. The predicted molar refractivity (Wildman–Crippen MR) is 94.0 cm³/mol. The zero-order valence-electron chi connectivity index (χ0n) is 14.2.